The molecule has 1 aromatic carbocycles. The second kappa shape index (κ2) is 8.82. The van der Waals surface area contributed by atoms with Crippen molar-refractivity contribution in [2.24, 2.45) is 5.92 Å². The van der Waals surface area contributed by atoms with Crippen LogP contribution in [0.5, 0.6) is 0 Å². The van der Waals surface area contributed by atoms with Crippen LogP contribution >= 0.6 is 22.9 Å². The molecule has 3 aromatic rings. The molecule has 5 rings (SSSR count). The summed E-state index contributed by atoms with van der Waals surface area (Å²) in [4.78, 5) is 19.9. The molecule has 1 saturated heterocycles. The predicted molar refractivity (Wildman–Crippen MR) is 131 cm³/mol. The highest BCUT2D eigenvalue weighted by Gasteiger charge is 2.45. The maximum atomic E-state index is 14.1. The normalized spacial score (nSPS) is 21.8. The van der Waals surface area contributed by atoms with Crippen LogP contribution in [0.25, 0.3) is 21.6 Å². The molecule has 0 radical (unpaired) electrons. The standard InChI is InChI=1S/C26H26ClFN2O2S/c1-16-5-9-30(13-22(16)28)25(32)18-2-3-20(21(27)10-18)23-11-19(14-33-23)17-4-8-29-24(12-17)26(15-31)6-7-26/h2-4,8,10-12,14,16,22,31H,5-7,9,13,15H2,1H3. The minimum atomic E-state index is -0.983. The molecule has 3 heterocycles. The maximum absolute atomic E-state index is 14.1. The third-order valence-corrected chi connectivity index (χ3v) is 8.30. The van der Waals surface area contributed by atoms with Gasteiger partial charge in [0.05, 0.1) is 18.2 Å². The van der Waals surface area contributed by atoms with E-state index in [4.69, 9.17) is 11.6 Å². The molecule has 2 aliphatic rings. The van der Waals surface area contributed by atoms with Gasteiger partial charge in [0.1, 0.15) is 6.17 Å². The topological polar surface area (TPSA) is 53.4 Å². The Kier molecular flexibility index (Phi) is 6.02. The molecule has 1 amide bonds. The number of aromatic nitrogens is 1. The van der Waals surface area contributed by atoms with Crippen molar-refractivity contribution in [2.75, 3.05) is 19.7 Å². The van der Waals surface area contributed by atoms with E-state index in [-0.39, 0.29) is 30.4 Å². The summed E-state index contributed by atoms with van der Waals surface area (Å²) in [6, 6.07) is 11.5. The minimum absolute atomic E-state index is 0.0111. The van der Waals surface area contributed by atoms with Crippen molar-refractivity contribution in [3.63, 3.8) is 0 Å². The van der Waals surface area contributed by atoms with Gasteiger partial charge < -0.3 is 10.0 Å². The van der Waals surface area contributed by atoms with Gasteiger partial charge in [-0.3, -0.25) is 9.78 Å². The summed E-state index contributed by atoms with van der Waals surface area (Å²) in [6.07, 6.45) is 3.43. The zero-order valence-electron chi connectivity index (χ0n) is 18.4. The van der Waals surface area contributed by atoms with E-state index in [9.17, 15) is 14.3 Å². The molecule has 2 unspecified atom stereocenters. The van der Waals surface area contributed by atoms with Gasteiger partial charge >= 0.3 is 0 Å². The molecule has 7 heteroatoms. The second-order valence-electron chi connectivity index (χ2n) is 9.30. The summed E-state index contributed by atoms with van der Waals surface area (Å²) < 4.78 is 14.1. The fourth-order valence-corrected chi connectivity index (χ4v) is 5.71. The van der Waals surface area contributed by atoms with Crippen LogP contribution in [0.4, 0.5) is 4.39 Å². The van der Waals surface area contributed by atoms with Crippen molar-refractivity contribution >= 4 is 28.8 Å². The fourth-order valence-electron chi connectivity index (χ4n) is 4.41. The highest BCUT2D eigenvalue weighted by molar-refractivity contribution is 7.14. The van der Waals surface area contributed by atoms with E-state index in [1.807, 2.05) is 19.1 Å². The van der Waals surface area contributed by atoms with Gasteiger partial charge in [-0.05, 0) is 72.0 Å². The Labute approximate surface area is 202 Å². The number of amides is 1. The number of thiophene rings is 1. The Morgan fingerprint density at radius 2 is 2.09 bits per heavy atom. The molecule has 2 fully saturated rings. The molecule has 1 aliphatic heterocycles. The Bertz CT molecular complexity index is 1190. The molecular formula is C26H26ClFN2O2S. The van der Waals surface area contributed by atoms with Gasteiger partial charge in [-0.25, -0.2) is 4.39 Å². The van der Waals surface area contributed by atoms with Gasteiger partial charge in [-0.15, -0.1) is 11.3 Å². The summed E-state index contributed by atoms with van der Waals surface area (Å²) in [5.74, 6) is -0.185. The predicted octanol–water partition coefficient (Wildman–Crippen LogP) is 5.97. The first-order valence-corrected chi connectivity index (χ1v) is 12.6. The number of likely N-dealkylation sites (tertiary alicyclic amines) is 1. The van der Waals surface area contributed by atoms with Crippen LogP contribution in [-0.2, 0) is 5.41 Å². The van der Waals surface area contributed by atoms with Crippen molar-refractivity contribution in [2.45, 2.75) is 37.8 Å². The molecule has 33 heavy (non-hydrogen) atoms. The zero-order chi connectivity index (χ0) is 23.2. The average Bonchev–Trinajstić information content (AvgIpc) is 3.49. The van der Waals surface area contributed by atoms with Gasteiger partial charge in [0.25, 0.3) is 5.91 Å². The largest absolute Gasteiger partial charge is 0.395 e. The number of benzene rings is 1. The van der Waals surface area contributed by atoms with Crippen LogP contribution in [0, 0.1) is 5.92 Å². The first kappa shape index (κ1) is 22.5. The van der Waals surface area contributed by atoms with Gasteiger partial charge in [0.15, 0.2) is 0 Å². The van der Waals surface area contributed by atoms with E-state index in [2.05, 4.69) is 22.5 Å². The first-order chi connectivity index (χ1) is 15.9. The Morgan fingerprint density at radius 3 is 2.79 bits per heavy atom. The molecule has 1 saturated carbocycles. The van der Waals surface area contributed by atoms with Crippen molar-refractivity contribution in [3.8, 4) is 21.6 Å². The third kappa shape index (κ3) is 4.32. The number of aliphatic hydroxyl groups is 1. The molecule has 2 aromatic heterocycles. The molecule has 0 spiro atoms. The number of pyridine rings is 1. The minimum Gasteiger partial charge on any atom is -0.395 e. The fraction of sp³-hybridized carbons (Fsp3) is 0.385. The van der Waals surface area contributed by atoms with E-state index in [0.717, 1.165) is 40.1 Å². The highest BCUT2D eigenvalue weighted by Crippen LogP contribution is 2.47. The second-order valence-corrected chi connectivity index (χ2v) is 10.6. The molecule has 1 aliphatic carbocycles. The highest BCUT2D eigenvalue weighted by atomic mass is 35.5. The van der Waals surface area contributed by atoms with Crippen LogP contribution in [0.2, 0.25) is 5.02 Å². The monoisotopic (exact) mass is 484 g/mol. The van der Waals surface area contributed by atoms with E-state index in [1.54, 1.807) is 34.6 Å². The number of alkyl halides is 1. The van der Waals surface area contributed by atoms with E-state index in [0.29, 0.717) is 23.6 Å². The lowest BCUT2D eigenvalue weighted by molar-refractivity contribution is 0.0541. The Balaban J connectivity index is 1.36. The summed E-state index contributed by atoms with van der Waals surface area (Å²) >= 11 is 8.18. The summed E-state index contributed by atoms with van der Waals surface area (Å²) in [5.41, 5.74) is 4.25. The molecule has 0 bridgehead atoms. The van der Waals surface area contributed by atoms with Crippen molar-refractivity contribution in [3.05, 3.63) is 64.3 Å². The Morgan fingerprint density at radius 1 is 1.27 bits per heavy atom. The first-order valence-electron chi connectivity index (χ1n) is 11.3. The summed E-state index contributed by atoms with van der Waals surface area (Å²) in [7, 11) is 0. The van der Waals surface area contributed by atoms with Crippen molar-refractivity contribution in [1.29, 1.82) is 0 Å². The van der Waals surface area contributed by atoms with Gasteiger partial charge in [0.2, 0.25) is 0 Å². The van der Waals surface area contributed by atoms with E-state index >= 15 is 0 Å². The van der Waals surface area contributed by atoms with Crippen molar-refractivity contribution in [1.82, 2.24) is 9.88 Å². The number of rotatable bonds is 5. The zero-order valence-corrected chi connectivity index (χ0v) is 20.0. The molecule has 4 nitrogen and oxygen atoms in total. The lowest BCUT2D eigenvalue weighted by atomic mass is 9.96. The average molecular weight is 485 g/mol. The smallest absolute Gasteiger partial charge is 0.254 e. The molecule has 2 atom stereocenters. The number of carbonyl (C=O) groups is 1. The summed E-state index contributed by atoms with van der Waals surface area (Å²) in [5, 5.41) is 12.3. The number of halogens is 2. The number of piperidine rings is 1. The molecule has 172 valence electrons. The number of nitrogens with zero attached hydrogens (tertiary/aromatic N) is 2. The lowest BCUT2D eigenvalue weighted by Gasteiger charge is -2.33. The number of carbonyl (C=O) groups excluding carboxylic acids is 1. The van der Waals surface area contributed by atoms with Gasteiger partial charge in [0, 0.05) is 39.9 Å². The third-order valence-electron chi connectivity index (χ3n) is 7.03. The van der Waals surface area contributed by atoms with Crippen LogP contribution < -0.4 is 0 Å². The SMILES string of the molecule is CC1CCN(C(=O)c2ccc(-c3cc(-c4ccnc(C5(CO)CC5)c4)cs3)c(Cl)c2)CC1F. The molecular weight excluding hydrogens is 459 g/mol. The van der Waals surface area contributed by atoms with Crippen molar-refractivity contribution < 1.29 is 14.3 Å². The van der Waals surface area contributed by atoms with Gasteiger partial charge in [-0.1, -0.05) is 24.6 Å². The Hall–Kier alpha value is -2.28. The summed E-state index contributed by atoms with van der Waals surface area (Å²) in [6.45, 7) is 2.72. The quantitative estimate of drug-likeness (QED) is 0.485. The number of aliphatic hydroxyl groups excluding tert-OH is 1. The lowest BCUT2D eigenvalue weighted by Crippen LogP contribution is -2.44. The number of hydrogen-bond donors (Lipinski definition) is 1. The number of hydrogen-bond acceptors (Lipinski definition) is 4. The van der Waals surface area contributed by atoms with Crippen LogP contribution in [0.1, 0.15) is 42.2 Å². The van der Waals surface area contributed by atoms with Gasteiger partial charge in [-0.2, -0.15) is 0 Å². The van der Waals surface area contributed by atoms with Crippen LogP contribution in [-0.4, -0.2) is 46.8 Å². The van der Waals surface area contributed by atoms with E-state index in [1.165, 1.54) is 0 Å². The maximum Gasteiger partial charge on any atom is 0.254 e. The molecule has 1 N–H and O–H groups in total. The van der Waals surface area contributed by atoms with E-state index < -0.39 is 6.17 Å². The van der Waals surface area contributed by atoms with Crippen LogP contribution in [0.3, 0.4) is 0 Å². The van der Waals surface area contributed by atoms with Crippen LogP contribution in [0.15, 0.2) is 48.0 Å².